The summed E-state index contributed by atoms with van der Waals surface area (Å²) in [5, 5.41) is 1.47. The van der Waals surface area contributed by atoms with Gasteiger partial charge >= 0.3 is 0 Å². The zero-order valence-electron chi connectivity index (χ0n) is 19.5. The van der Waals surface area contributed by atoms with Gasteiger partial charge in [-0.25, -0.2) is 4.98 Å². The van der Waals surface area contributed by atoms with Crippen LogP contribution in [-0.2, 0) is 17.8 Å². The lowest BCUT2D eigenvalue weighted by Gasteiger charge is -2.19. The minimum absolute atomic E-state index is 0.0519. The predicted octanol–water partition coefficient (Wildman–Crippen LogP) is 5.67. The topological polar surface area (TPSA) is 58.6 Å². The molecule has 6 nitrogen and oxygen atoms in total. The summed E-state index contributed by atoms with van der Waals surface area (Å²) in [6.45, 7) is 8.09. The molecule has 0 aliphatic heterocycles. The molecule has 3 aromatic rings. The highest BCUT2D eigenvalue weighted by Crippen LogP contribution is 2.33. The Morgan fingerprint density at radius 3 is 2.76 bits per heavy atom. The lowest BCUT2D eigenvalue weighted by Crippen LogP contribution is -2.22. The van der Waals surface area contributed by atoms with Gasteiger partial charge in [-0.05, 0) is 38.0 Å². The minimum atomic E-state index is 0.0519. The maximum atomic E-state index is 12.0. The number of aromatic nitrogens is 2. The number of pyridine rings is 2. The summed E-state index contributed by atoms with van der Waals surface area (Å²) in [6, 6.07) is 7.88. The standard InChI is InChI=1S/C26H29ClN4O2/c1-6-13-31(7-2)23-14-18(3)29-26-20(23)9-8-10-24(26)33-17-21-19(15-28-16-22(21)27)11-12-25(32)30(4)5/h6-10,13-16H,2,11-12,17H2,1,3-5H3/b13-6-. The first-order valence-electron chi connectivity index (χ1n) is 10.7. The second-order valence-corrected chi connectivity index (χ2v) is 8.25. The number of aryl methyl sites for hydroxylation is 2. The Balaban J connectivity index is 1.93. The summed E-state index contributed by atoms with van der Waals surface area (Å²) in [5.74, 6) is 0.709. The van der Waals surface area contributed by atoms with Crippen LogP contribution in [0, 0.1) is 6.92 Å². The van der Waals surface area contributed by atoms with Gasteiger partial charge < -0.3 is 14.5 Å². The van der Waals surface area contributed by atoms with Gasteiger partial charge in [0.1, 0.15) is 17.9 Å². The second-order valence-electron chi connectivity index (χ2n) is 7.84. The van der Waals surface area contributed by atoms with Crippen molar-refractivity contribution in [3.8, 4) is 5.75 Å². The van der Waals surface area contributed by atoms with Crippen molar-refractivity contribution in [2.45, 2.75) is 33.3 Å². The molecule has 0 aliphatic rings. The van der Waals surface area contributed by atoms with E-state index in [1.165, 1.54) is 0 Å². The van der Waals surface area contributed by atoms with Crippen LogP contribution < -0.4 is 9.64 Å². The molecule has 0 spiro atoms. The number of hydrogen-bond donors (Lipinski definition) is 0. The van der Waals surface area contributed by atoms with Crippen LogP contribution in [0.15, 0.2) is 61.7 Å². The summed E-state index contributed by atoms with van der Waals surface area (Å²) in [4.78, 5) is 24.5. The molecular weight excluding hydrogens is 436 g/mol. The van der Waals surface area contributed by atoms with E-state index in [9.17, 15) is 4.79 Å². The van der Waals surface area contributed by atoms with Gasteiger partial charge in [0, 0.05) is 62.0 Å². The molecule has 3 rings (SSSR count). The highest BCUT2D eigenvalue weighted by molar-refractivity contribution is 6.31. The van der Waals surface area contributed by atoms with E-state index in [4.69, 9.17) is 21.3 Å². The molecule has 172 valence electrons. The number of halogens is 1. The lowest BCUT2D eigenvalue weighted by atomic mass is 10.1. The maximum Gasteiger partial charge on any atom is 0.222 e. The summed E-state index contributed by atoms with van der Waals surface area (Å²) < 4.78 is 6.23. The van der Waals surface area contributed by atoms with E-state index in [2.05, 4.69) is 11.6 Å². The van der Waals surface area contributed by atoms with E-state index in [-0.39, 0.29) is 12.5 Å². The average molecular weight is 465 g/mol. The molecule has 0 fully saturated rings. The van der Waals surface area contributed by atoms with Crippen molar-refractivity contribution in [2.24, 2.45) is 0 Å². The number of nitrogens with zero attached hydrogens (tertiary/aromatic N) is 4. The molecule has 1 aromatic carbocycles. The summed E-state index contributed by atoms with van der Waals surface area (Å²) in [7, 11) is 3.49. The number of allylic oxidation sites excluding steroid dienone is 1. The predicted molar refractivity (Wildman–Crippen MR) is 135 cm³/mol. The van der Waals surface area contributed by atoms with Gasteiger partial charge in [0.15, 0.2) is 0 Å². The number of rotatable bonds is 9. The molecule has 0 radical (unpaired) electrons. The number of benzene rings is 1. The van der Waals surface area contributed by atoms with Gasteiger partial charge in [0.25, 0.3) is 0 Å². The van der Waals surface area contributed by atoms with Gasteiger partial charge in [-0.15, -0.1) is 0 Å². The molecule has 7 heteroatoms. The van der Waals surface area contributed by atoms with Crippen LogP contribution in [0.1, 0.15) is 30.2 Å². The molecule has 2 heterocycles. The van der Waals surface area contributed by atoms with Crippen molar-refractivity contribution >= 4 is 34.1 Å². The van der Waals surface area contributed by atoms with Crippen LogP contribution in [0.5, 0.6) is 5.75 Å². The monoisotopic (exact) mass is 464 g/mol. The largest absolute Gasteiger partial charge is 0.487 e. The van der Waals surface area contributed by atoms with Crippen molar-refractivity contribution in [2.75, 3.05) is 19.0 Å². The Kier molecular flexibility index (Phi) is 8.06. The molecule has 33 heavy (non-hydrogen) atoms. The number of carbonyl (C=O) groups is 1. The highest BCUT2D eigenvalue weighted by atomic mass is 35.5. The fraction of sp³-hybridized carbons (Fsp3) is 0.269. The fourth-order valence-corrected chi connectivity index (χ4v) is 3.79. The minimum Gasteiger partial charge on any atom is -0.487 e. The SMILES string of the molecule is C=CN(/C=C\C)c1cc(C)nc2c(OCc3c(Cl)cncc3CCC(=O)N(C)C)cccc12. The third kappa shape index (κ3) is 5.71. The molecule has 0 saturated carbocycles. The molecule has 0 aliphatic carbocycles. The van der Waals surface area contributed by atoms with Crippen LogP contribution in [-0.4, -0.2) is 34.9 Å². The molecule has 1 amide bonds. The number of fused-ring (bicyclic) bond motifs is 1. The van der Waals surface area contributed by atoms with Crippen LogP contribution in [0.4, 0.5) is 5.69 Å². The molecular formula is C26H29ClN4O2. The highest BCUT2D eigenvalue weighted by Gasteiger charge is 2.15. The lowest BCUT2D eigenvalue weighted by molar-refractivity contribution is -0.128. The van der Waals surface area contributed by atoms with Crippen molar-refractivity contribution < 1.29 is 9.53 Å². The molecule has 0 bridgehead atoms. The number of para-hydroxylation sites is 1. The van der Waals surface area contributed by atoms with E-state index in [0.29, 0.717) is 23.6 Å². The van der Waals surface area contributed by atoms with Crippen molar-refractivity contribution in [3.63, 3.8) is 0 Å². The summed E-state index contributed by atoms with van der Waals surface area (Å²) in [6.07, 6.45) is 9.93. The summed E-state index contributed by atoms with van der Waals surface area (Å²) in [5.41, 5.74) is 4.33. The quantitative estimate of drug-likeness (QED) is 0.408. The van der Waals surface area contributed by atoms with E-state index >= 15 is 0 Å². The second kappa shape index (κ2) is 11.0. The van der Waals surface area contributed by atoms with E-state index in [1.807, 2.05) is 55.3 Å². The van der Waals surface area contributed by atoms with Gasteiger partial charge in [-0.3, -0.25) is 9.78 Å². The zero-order chi connectivity index (χ0) is 24.0. The van der Waals surface area contributed by atoms with Gasteiger partial charge in [0.2, 0.25) is 5.91 Å². The molecule has 0 N–H and O–H groups in total. The van der Waals surface area contributed by atoms with Gasteiger partial charge in [0.05, 0.1) is 10.7 Å². The first-order chi connectivity index (χ1) is 15.8. The smallest absolute Gasteiger partial charge is 0.222 e. The molecule has 0 saturated heterocycles. The number of amides is 1. The Hall–Kier alpha value is -3.38. The summed E-state index contributed by atoms with van der Waals surface area (Å²) >= 11 is 6.46. The molecule has 0 atom stereocenters. The fourth-order valence-electron chi connectivity index (χ4n) is 3.55. The third-order valence-electron chi connectivity index (χ3n) is 5.27. The van der Waals surface area contributed by atoms with Crippen LogP contribution in [0.3, 0.4) is 0 Å². The van der Waals surface area contributed by atoms with E-state index < -0.39 is 0 Å². The van der Waals surface area contributed by atoms with Crippen LogP contribution in [0.25, 0.3) is 10.9 Å². The molecule has 0 unspecified atom stereocenters. The van der Waals surface area contributed by atoms with E-state index in [0.717, 1.165) is 33.4 Å². The number of carbonyl (C=O) groups excluding carboxylic acids is 1. The first kappa shape index (κ1) is 24.3. The van der Waals surface area contributed by atoms with Crippen molar-refractivity contribution in [1.29, 1.82) is 0 Å². The molecule has 2 aromatic heterocycles. The Bertz CT molecular complexity index is 1190. The van der Waals surface area contributed by atoms with Crippen LogP contribution >= 0.6 is 11.6 Å². The van der Waals surface area contributed by atoms with Gasteiger partial charge in [-0.2, -0.15) is 0 Å². The average Bonchev–Trinajstić information content (AvgIpc) is 2.79. The number of anilines is 1. The van der Waals surface area contributed by atoms with E-state index in [1.54, 1.807) is 37.6 Å². The zero-order valence-corrected chi connectivity index (χ0v) is 20.3. The van der Waals surface area contributed by atoms with Gasteiger partial charge in [-0.1, -0.05) is 36.4 Å². The van der Waals surface area contributed by atoms with Crippen molar-refractivity contribution in [3.05, 3.63) is 83.6 Å². The normalized spacial score (nSPS) is 11.1. The maximum absolute atomic E-state index is 12.0. The van der Waals surface area contributed by atoms with Crippen molar-refractivity contribution in [1.82, 2.24) is 14.9 Å². The Labute approximate surface area is 200 Å². The third-order valence-corrected chi connectivity index (χ3v) is 5.59. The number of hydrogen-bond acceptors (Lipinski definition) is 5. The first-order valence-corrected chi connectivity index (χ1v) is 11.1. The van der Waals surface area contributed by atoms with Crippen LogP contribution in [0.2, 0.25) is 5.02 Å². The Morgan fingerprint density at radius 1 is 1.27 bits per heavy atom. The number of ether oxygens (including phenoxy) is 1. The Morgan fingerprint density at radius 2 is 2.06 bits per heavy atom.